The van der Waals surface area contributed by atoms with E-state index in [9.17, 15) is 4.79 Å². The Hall–Kier alpha value is -0.590. The van der Waals surface area contributed by atoms with Crippen molar-refractivity contribution in [1.29, 1.82) is 0 Å². The largest absolute Gasteiger partial charge is 0.294 e. The smallest absolute Gasteiger partial charge is 0.164 e. The van der Waals surface area contributed by atoms with Crippen molar-refractivity contribution in [2.45, 2.75) is 40.0 Å². The molecule has 2 aliphatic carbocycles. The summed E-state index contributed by atoms with van der Waals surface area (Å²) in [6.45, 7) is 6.37. The van der Waals surface area contributed by atoms with E-state index in [4.69, 9.17) is 0 Å². The van der Waals surface area contributed by atoms with Crippen LogP contribution in [0.1, 0.15) is 40.0 Å². The standard InChI is InChI=1S/C11H16O/c1-10(2)7-11(3)6-4-5-8(11)9(10)12/h5H,4,6-7H2,1-3H3/t11-/m0/s1. The zero-order chi connectivity index (χ0) is 8.98. The number of ketones is 1. The molecule has 1 saturated carbocycles. The van der Waals surface area contributed by atoms with E-state index in [1.807, 2.05) is 0 Å². The second-order valence-electron chi connectivity index (χ2n) is 5.11. The topological polar surface area (TPSA) is 17.1 Å². The Balaban J connectivity index is 2.46. The number of hydrogen-bond acceptors (Lipinski definition) is 1. The highest BCUT2D eigenvalue weighted by atomic mass is 16.1. The lowest BCUT2D eigenvalue weighted by Gasteiger charge is -2.21. The quantitative estimate of drug-likeness (QED) is 0.538. The third kappa shape index (κ3) is 0.825. The van der Waals surface area contributed by atoms with Gasteiger partial charge in [0.05, 0.1) is 0 Å². The van der Waals surface area contributed by atoms with Crippen LogP contribution in [0, 0.1) is 10.8 Å². The lowest BCUT2D eigenvalue weighted by molar-refractivity contribution is -0.121. The Kier molecular flexibility index (Phi) is 1.35. The predicted molar refractivity (Wildman–Crippen MR) is 48.8 cm³/mol. The third-order valence-corrected chi connectivity index (χ3v) is 3.39. The van der Waals surface area contributed by atoms with E-state index in [0.29, 0.717) is 5.78 Å². The van der Waals surface area contributed by atoms with Crippen LogP contribution in [0.3, 0.4) is 0 Å². The molecule has 0 saturated heterocycles. The van der Waals surface area contributed by atoms with E-state index in [-0.39, 0.29) is 10.8 Å². The second-order valence-corrected chi connectivity index (χ2v) is 5.11. The third-order valence-electron chi connectivity index (χ3n) is 3.39. The normalized spacial score (nSPS) is 38.2. The number of allylic oxidation sites excluding steroid dienone is 2. The number of Topliss-reactive ketones (excluding diaryl/α,β-unsaturated/α-hetero) is 1. The highest BCUT2D eigenvalue weighted by Gasteiger charge is 2.51. The molecule has 2 aliphatic rings. The summed E-state index contributed by atoms with van der Waals surface area (Å²) in [7, 11) is 0. The molecule has 12 heavy (non-hydrogen) atoms. The highest BCUT2D eigenvalue weighted by molar-refractivity contribution is 6.03. The molecule has 0 N–H and O–H groups in total. The van der Waals surface area contributed by atoms with E-state index in [0.717, 1.165) is 18.4 Å². The zero-order valence-corrected chi connectivity index (χ0v) is 8.11. The molecule has 0 bridgehead atoms. The van der Waals surface area contributed by atoms with E-state index < -0.39 is 0 Å². The molecule has 1 nitrogen and oxygen atoms in total. The van der Waals surface area contributed by atoms with Crippen LogP contribution in [-0.2, 0) is 4.79 Å². The van der Waals surface area contributed by atoms with Gasteiger partial charge in [-0.2, -0.15) is 0 Å². The Morgan fingerprint density at radius 1 is 1.33 bits per heavy atom. The summed E-state index contributed by atoms with van der Waals surface area (Å²) in [5.74, 6) is 0.391. The van der Waals surface area contributed by atoms with Gasteiger partial charge in [0.1, 0.15) is 0 Å². The molecule has 0 aromatic rings. The van der Waals surface area contributed by atoms with Crippen LogP contribution in [0.5, 0.6) is 0 Å². The van der Waals surface area contributed by atoms with Crippen LogP contribution in [0.2, 0.25) is 0 Å². The number of carbonyl (C=O) groups is 1. The lowest BCUT2D eigenvalue weighted by atomic mass is 9.81. The molecule has 0 spiro atoms. The molecule has 0 aromatic carbocycles. The molecule has 0 unspecified atom stereocenters. The number of fused-ring (bicyclic) bond motifs is 1. The fourth-order valence-corrected chi connectivity index (χ4v) is 2.89. The summed E-state index contributed by atoms with van der Waals surface area (Å²) < 4.78 is 0. The van der Waals surface area contributed by atoms with Crippen molar-refractivity contribution in [3.8, 4) is 0 Å². The summed E-state index contributed by atoms with van der Waals surface area (Å²) in [5, 5.41) is 0. The lowest BCUT2D eigenvalue weighted by Crippen LogP contribution is -2.17. The summed E-state index contributed by atoms with van der Waals surface area (Å²) >= 11 is 0. The molecule has 66 valence electrons. The molecule has 0 aromatic heterocycles. The summed E-state index contributed by atoms with van der Waals surface area (Å²) in [4.78, 5) is 11.8. The maximum atomic E-state index is 11.8. The van der Waals surface area contributed by atoms with Gasteiger partial charge in [-0.15, -0.1) is 0 Å². The molecule has 0 radical (unpaired) electrons. The first-order valence-electron chi connectivity index (χ1n) is 4.71. The molecular weight excluding hydrogens is 148 g/mol. The Bertz CT molecular complexity index is 273. The minimum absolute atomic E-state index is 0.0962. The van der Waals surface area contributed by atoms with Gasteiger partial charge in [0.15, 0.2) is 5.78 Å². The SMILES string of the molecule is CC1(C)C[C@]2(C)CCC=C2C1=O. The van der Waals surface area contributed by atoms with Crippen molar-refractivity contribution in [3.63, 3.8) is 0 Å². The molecule has 0 aliphatic heterocycles. The minimum Gasteiger partial charge on any atom is -0.294 e. The van der Waals surface area contributed by atoms with Crippen molar-refractivity contribution in [1.82, 2.24) is 0 Å². The Labute approximate surface area is 73.8 Å². The van der Waals surface area contributed by atoms with Gasteiger partial charge in [-0.25, -0.2) is 0 Å². The number of carbonyl (C=O) groups excluding carboxylic acids is 1. The van der Waals surface area contributed by atoms with E-state index >= 15 is 0 Å². The maximum absolute atomic E-state index is 11.8. The fourth-order valence-electron chi connectivity index (χ4n) is 2.89. The number of hydrogen-bond donors (Lipinski definition) is 0. The van der Waals surface area contributed by atoms with Gasteiger partial charge < -0.3 is 0 Å². The van der Waals surface area contributed by atoms with Crippen LogP contribution in [0.25, 0.3) is 0 Å². The van der Waals surface area contributed by atoms with Crippen molar-refractivity contribution in [2.75, 3.05) is 0 Å². The molecule has 1 atom stereocenters. The van der Waals surface area contributed by atoms with E-state index in [1.165, 1.54) is 6.42 Å². The molecule has 0 amide bonds. The van der Waals surface area contributed by atoms with Gasteiger partial charge in [0.25, 0.3) is 0 Å². The van der Waals surface area contributed by atoms with Gasteiger partial charge in [0.2, 0.25) is 0 Å². The van der Waals surface area contributed by atoms with E-state index in [1.54, 1.807) is 0 Å². The molecule has 0 heterocycles. The summed E-state index contributed by atoms with van der Waals surface area (Å²) in [6.07, 6.45) is 5.48. The van der Waals surface area contributed by atoms with Crippen molar-refractivity contribution >= 4 is 5.78 Å². The maximum Gasteiger partial charge on any atom is 0.164 e. The first-order valence-corrected chi connectivity index (χ1v) is 4.71. The molecule has 1 heteroatoms. The summed E-state index contributed by atoms with van der Waals surface area (Å²) in [5.41, 5.74) is 1.24. The minimum atomic E-state index is -0.0962. The fraction of sp³-hybridized carbons (Fsp3) is 0.727. The Morgan fingerprint density at radius 3 is 2.58 bits per heavy atom. The average Bonchev–Trinajstić information content (AvgIpc) is 2.33. The van der Waals surface area contributed by atoms with E-state index in [2.05, 4.69) is 26.8 Å². The van der Waals surface area contributed by atoms with Crippen molar-refractivity contribution in [3.05, 3.63) is 11.6 Å². The monoisotopic (exact) mass is 164 g/mol. The zero-order valence-electron chi connectivity index (χ0n) is 8.11. The van der Waals surface area contributed by atoms with Gasteiger partial charge in [0, 0.05) is 5.41 Å². The Morgan fingerprint density at radius 2 is 2.00 bits per heavy atom. The van der Waals surface area contributed by atoms with Gasteiger partial charge >= 0.3 is 0 Å². The molecule has 1 fully saturated rings. The van der Waals surface area contributed by atoms with Crippen LogP contribution in [0.4, 0.5) is 0 Å². The average molecular weight is 164 g/mol. The molecular formula is C11H16O. The first-order chi connectivity index (χ1) is 5.46. The predicted octanol–water partition coefficient (Wildman–Crippen LogP) is 2.71. The van der Waals surface area contributed by atoms with Gasteiger partial charge in [-0.3, -0.25) is 4.79 Å². The van der Waals surface area contributed by atoms with Crippen LogP contribution < -0.4 is 0 Å². The van der Waals surface area contributed by atoms with Crippen LogP contribution in [0.15, 0.2) is 11.6 Å². The second kappa shape index (κ2) is 2.01. The first kappa shape index (κ1) is 8.03. The van der Waals surface area contributed by atoms with Crippen molar-refractivity contribution < 1.29 is 4.79 Å². The number of rotatable bonds is 0. The van der Waals surface area contributed by atoms with Crippen LogP contribution >= 0.6 is 0 Å². The van der Waals surface area contributed by atoms with Crippen molar-refractivity contribution in [2.24, 2.45) is 10.8 Å². The molecule has 2 rings (SSSR count). The van der Waals surface area contributed by atoms with Crippen LogP contribution in [-0.4, -0.2) is 5.78 Å². The highest BCUT2D eigenvalue weighted by Crippen LogP contribution is 2.55. The summed E-state index contributed by atoms with van der Waals surface area (Å²) in [6, 6.07) is 0. The van der Waals surface area contributed by atoms with Gasteiger partial charge in [-0.05, 0) is 30.3 Å². The van der Waals surface area contributed by atoms with Gasteiger partial charge in [-0.1, -0.05) is 26.8 Å².